The van der Waals surface area contributed by atoms with Crippen LogP contribution >= 0.6 is 0 Å². The van der Waals surface area contributed by atoms with Crippen LogP contribution in [0.15, 0.2) is 12.2 Å². The van der Waals surface area contributed by atoms with Crippen molar-refractivity contribution < 1.29 is 19.4 Å². The third-order valence-corrected chi connectivity index (χ3v) is 2.20. The molecule has 0 aromatic carbocycles. The molecule has 78 valence electrons. The van der Waals surface area contributed by atoms with Crippen molar-refractivity contribution in [2.45, 2.75) is 26.2 Å². The van der Waals surface area contributed by atoms with Gasteiger partial charge in [0, 0.05) is 6.08 Å². The maximum Gasteiger partial charge on any atom is 0.330 e. The van der Waals surface area contributed by atoms with Crippen molar-refractivity contribution in [3.63, 3.8) is 0 Å². The number of hydrogen-bond acceptors (Lipinski definition) is 3. The summed E-state index contributed by atoms with van der Waals surface area (Å²) in [6.07, 6.45) is 4.65. The quantitative estimate of drug-likeness (QED) is 0.535. The Morgan fingerprint density at radius 3 is 2.57 bits per heavy atom. The van der Waals surface area contributed by atoms with Gasteiger partial charge in [0.25, 0.3) is 0 Å². The summed E-state index contributed by atoms with van der Waals surface area (Å²) in [5.41, 5.74) is -0.786. The fraction of sp³-hybridized carbons (Fsp3) is 0.600. The van der Waals surface area contributed by atoms with Gasteiger partial charge in [0.05, 0.1) is 12.0 Å². The second-order valence-corrected chi connectivity index (χ2v) is 3.46. The van der Waals surface area contributed by atoms with Crippen LogP contribution in [0.4, 0.5) is 0 Å². The first-order valence-corrected chi connectivity index (χ1v) is 4.70. The van der Waals surface area contributed by atoms with E-state index in [0.29, 0.717) is 19.4 Å². The molecule has 1 rings (SSSR count). The van der Waals surface area contributed by atoms with Crippen molar-refractivity contribution in [1.29, 1.82) is 0 Å². The molecule has 0 atom stereocenters. The lowest BCUT2D eigenvalue weighted by molar-refractivity contribution is -0.141. The summed E-state index contributed by atoms with van der Waals surface area (Å²) in [7, 11) is 0. The van der Waals surface area contributed by atoms with Gasteiger partial charge in [-0.3, -0.25) is 4.79 Å². The Morgan fingerprint density at radius 2 is 2.14 bits per heavy atom. The summed E-state index contributed by atoms with van der Waals surface area (Å²) in [4.78, 5) is 21.7. The van der Waals surface area contributed by atoms with E-state index >= 15 is 0 Å². The van der Waals surface area contributed by atoms with Crippen molar-refractivity contribution in [3.8, 4) is 0 Å². The van der Waals surface area contributed by atoms with E-state index in [4.69, 9.17) is 9.84 Å². The smallest absolute Gasteiger partial charge is 0.330 e. The standard InChI is InChI=1S/C10H14O4/c1-2-7-14-8(11)3-4-10(5-6-10)9(12)13/h3-4H,2,5-7H2,1H3,(H,12,13)/b4-3-. The van der Waals surface area contributed by atoms with E-state index in [1.165, 1.54) is 12.2 Å². The molecule has 0 unspecified atom stereocenters. The summed E-state index contributed by atoms with van der Waals surface area (Å²) in [5.74, 6) is -1.32. The Balaban J connectivity index is 2.40. The number of carboxylic acids is 1. The lowest BCUT2D eigenvalue weighted by Gasteiger charge is -2.01. The molecule has 0 bridgehead atoms. The van der Waals surface area contributed by atoms with Crippen LogP contribution in [0.3, 0.4) is 0 Å². The Hall–Kier alpha value is -1.32. The number of hydrogen-bond donors (Lipinski definition) is 1. The number of carbonyl (C=O) groups excluding carboxylic acids is 1. The highest BCUT2D eigenvalue weighted by Crippen LogP contribution is 2.47. The van der Waals surface area contributed by atoms with Gasteiger partial charge in [0.1, 0.15) is 0 Å². The lowest BCUT2D eigenvalue weighted by Crippen LogP contribution is -2.12. The highest BCUT2D eigenvalue weighted by molar-refractivity contribution is 5.86. The molecule has 0 spiro atoms. The number of carbonyl (C=O) groups is 2. The van der Waals surface area contributed by atoms with Crippen molar-refractivity contribution in [2.75, 3.05) is 6.61 Å². The van der Waals surface area contributed by atoms with Crippen LogP contribution in [0.5, 0.6) is 0 Å². The van der Waals surface area contributed by atoms with Crippen molar-refractivity contribution >= 4 is 11.9 Å². The fourth-order valence-electron chi connectivity index (χ4n) is 1.06. The molecule has 0 aromatic heterocycles. The third-order valence-electron chi connectivity index (χ3n) is 2.20. The highest BCUT2D eigenvalue weighted by atomic mass is 16.5. The van der Waals surface area contributed by atoms with Crippen LogP contribution in [-0.4, -0.2) is 23.7 Å². The van der Waals surface area contributed by atoms with E-state index in [9.17, 15) is 9.59 Å². The number of carboxylic acid groups (broad SMARTS) is 1. The van der Waals surface area contributed by atoms with E-state index in [2.05, 4.69) is 0 Å². The van der Waals surface area contributed by atoms with Gasteiger partial charge in [-0.2, -0.15) is 0 Å². The Kier molecular flexibility index (Phi) is 3.28. The zero-order chi connectivity index (χ0) is 10.6. The minimum atomic E-state index is -0.864. The van der Waals surface area contributed by atoms with Gasteiger partial charge in [0.15, 0.2) is 0 Å². The van der Waals surface area contributed by atoms with Gasteiger partial charge in [-0.1, -0.05) is 13.0 Å². The molecule has 1 fully saturated rings. The van der Waals surface area contributed by atoms with E-state index in [-0.39, 0.29) is 0 Å². The first kappa shape index (κ1) is 10.8. The molecule has 1 aliphatic carbocycles. The molecular weight excluding hydrogens is 184 g/mol. The van der Waals surface area contributed by atoms with Crippen molar-refractivity contribution in [1.82, 2.24) is 0 Å². The SMILES string of the molecule is CCCOC(=O)/C=C\C1(C(=O)O)CC1. The zero-order valence-electron chi connectivity index (χ0n) is 8.16. The average Bonchev–Trinajstić information content (AvgIpc) is 2.92. The number of ether oxygens (including phenoxy) is 1. The largest absolute Gasteiger partial charge is 0.481 e. The lowest BCUT2D eigenvalue weighted by atomic mass is 10.1. The molecule has 0 radical (unpaired) electrons. The molecular formula is C10H14O4. The first-order valence-electron chi connectivity index (χ1n) is 4.70. The maximum absolute atomic E-state index is 11.0. The Morgan fingerprint density at radius 1 is 1.50 bits per heavy atom. The van der Waals surface area contributed by atoms with Crippen LogP contribution in [0, 0.1) is 5.41 Å². The van der Waals surface area contributed by atoms with E-state index in [0.717, 1.165) is 6.42 Å². The Labute approximate surface area is 82.6 Å². The maximum atomic E-state index is 11.0. The number of rotatable bonds is 5. The summed E-state index contributed by atoms with van der Waals surface area (Å²) in [5, 5.41) is 8.79. The Bertz CT molecular complexity index is 263. The molecule has 0 aliphatic heterocycles. The van der Waals surface area contributed by atoms with Gasteiger partial charge in [-0.15, -0.1) is 0 Å². The fourth-order valence-corrected chi connectivity index (χ4v) is 1.06. The van der Waals surface area contributed by atoms with E-state index in [1.807, 2.05) is 6.92 Å². The van der Waals surface area contributed by atoms with Gasteiger partial charge >= 0.3 is 11.9 Å². The van der Waals surface area contributed by atoms with Gasteiger partial charge in [0.2, 0.25) is 0 Å². The van der Waals surface area contributed by atoms with E-state index in [1.54, 1.807) is 0 Å². The predicted octanol–water partition coefficient (Wildman–Crippen LogP) is 1.36. The predicted molar refractivity (Wildman–Crippen MR) is 49.7 cm³/mol. The average molecular weight is 198 g/mol. The summed E-state index contributed by atoms with van der Waals surface area (Å²) in [6.45, 7) is 2.28. The van der Waals surface area contributed by atoms with Gasteiger partial charge < -0.3 is 9.84 Å². The van der Waals surface area contributed by atoms with E-state index < -0.39 is 17.4 Å². The van der Waals surface area contributed by atoms with Crippen molar-refractivity contribution in [3.05, 3.63) is 12.2 Å². The molecule has 0 heterocycles. The first-order chi connectivity index (χ1) is 6.60. The summed E-state index contributed by atoms with van der Waals surface area (Å²) >= 11 is 0. The molecule has 4 nitrogen and oxygen atoms in total. The molecule has 1 N–H and O–H groups in total. The van der Waals surface area contributed by atoms with Crippen LogP contribution in [0.25, 0.3) is 0 Å². The minimum Gasteiger partial charge on any atom is -0.481 e. The molecule has 1 saturated carbocycles. The van der Waals surface area contributed by atoms with Crippen LogP contribution in [0.2, 0.25) is 0 Å². The van der Waals surface area contributed by atoms with Crippen LogP contribution < -0.4 is 0 Å². The van der Waals surface area contributed by atoms with Gasteiger partial charge in [-0.25, -0.2) is 4.79 Å². The monoisotopic (exact) mass is 198 g/mol. The third kappa shape index (κ3) is 2.58. The number of esters is 1. The topological polar surface area (TPSA) is 63.6 Å². The number of aliphatic carboxylic acids is 1. The summed E-state index contributed by atoms with van der Waals surface area (Å²) in [6, 6.07) is 0. The van der Waals surface area contributed by atoms with Gasteiger partial charge in [-0.05, 0) is 19.3 Å². The zero-order valence-corrected chi connectivity index (χ0v) is 8.16. The highest BCUT2D eigenvalue weighted by Gasteiger charge is 2.47. The summed E-state index contributed by atoms with van der Waals surface area (Å²) < 4.78 is 4.78. The van der Waals surface area contributed by atoms with Crippen molar-refractivity contribution in [2.24, 2.45) is 5.41 Å². The molecule has 0 saturated heterocycles. The molecule has 4 heteroatoms. The second kappa shape index (κ2) is 4.26. The second-order valence-electron chi connectivity index (χ2n) is 3.46. The molecule has 0 amide bonds. The van der Waals surface area contributed by atoms with Crippen LogP contribution in [0.1, 0.15) is 26.2 Å². The molecule has 14 heavy (non-hydrogen) atoms. The normalized spacial score (nSPS) is 18.1. The van der Waals surface area contributed by atoms with Crippen LogP contribution in [-0.2, 0) is 14.3 Å². The molecule has 1 aliphatic rings. The molecule has 0 aromatic rings. The minimum absolute atomic E-state index is 0.378.